The molecule has 0 radical (unpaired) electrons. The van der Waals surface area contributed by atoms with Crippen LogP contribution in [0.5, 0.6) is 0 Å². The SMILES string of the molecule is Br.CN1CCN(CCCCC(=O)N[C@@H](CS)C(=O)O)CC1.CN1CCN(CCCCC(=O)N[C@@H](CS)C(=O)O)CC1. The average Bonchev–Trinajstić information content (AvgIpc) is 2.92. The molecule has 0 aromatic rings. The van der Waals surface area contributed by atoms with Crippen molar-refractivity contribution in [2.24, 2.45) is 0 Å². The summed E-state index contributed by atoms with van der Waals surface area (Å²) in [6.07, 6.45) is 4.27. The van der Waals surface area contributed by atoms with E-state index in [4.69, 9.17) is 10.2 Å². The number of rotatable bonds is 16. The fourth-order valence-corrected chi connectivity index (χ4v) is 4.78. The number of piperazine rings is 2. The zero-order chi connectivity index (χ0) is 29.9. The Morgan fingerprint density at radius 2 is 0.951 bits per heavy atom. The maximum absolute atomic E-state index is 11.6. The molecule has 0 aromatic carbocycles. The van der Waals surface area contributed by atoms with E-state index >= 15 is 0 Å². The minimum atomic E-state index is -1.04. The highest BCUT2D eigenvalue weighted by molar-refractivity contribution is 8.93. The van der Waals surface area contributed by atoms with Gasteiger partial charge in [-0.1, -0.05) is 0 Å². The Morgan fingerprint density at radius 3 is 1.22 bits per heavy atom. The van der Waals surface area contributed by atoms with Crippen molar-refractivity contribution in [3.05, 3.63) is 0 Å². The number of unbranched alkanes of at least 4 members (excludes halogenated alkanes) is 2. The first-order valence-electron chi connectivity index (χ1n) is 14.1. The average molecular weight is 688 g/mol. The van der Waals surface area contributed by atoms with Crippen molar-refractivity contribution < 1.29 is 29.4 Å². The van der Waals surface area contributed by atoms with Crippen LogP contribution in [0.2, 0.25) is 0 Å². The van der Waals surface area contributed by atoms with Gasteiger partial charge in [-0.3, -0.25) is 9.59 Å². The topological polar surface area (TPSA) is 146 Å². The summed E-state index contributed by atoms with van der Waals surface area (Å²) < 4.78 is 0. The van der Waals surface area contributed by atoms with Crippen LogP contribution < -0.4 is 10.6 Å². The summed E-state index contributed by atoms with van der Waals surface area (Å²) in [5.74, 6) is -2.25. The Kier molecular flexibility index (Phi) is 22.7. The third-order valence-corrected chi connectivity index (χ3v) is 7.81. The van der Waals surface area contributed by atoms with Gasteiger partial charge in [0.05, 0.1) is 0 Å². The van der Waals surface area contributed by atoms with Crippen LogP contribution in [0.4, 0.5) is 0 Å². The molecule has 2 rings (SSSR count). The van der Waals surface area contributed by atoms with Crippen LogP contribution in [-0.2, 0) is 19.2 Å². The molecule has 12 nitrogen and oxygen atoms in total. The molecule has 0 unspecified atom stereocenters. The first-order chi connectivity index (χ1) is 19.0. The molecule has 240 valence electrons. The Balaban J connectivity index is 0.000000762. The summed E-state index contributed by atoms with van der Waals surface area (Å²) >= 11 is 7.82. The third kappa shape index (κ3) is 18.9. The van der Waals surface area contributed by atoms with E-state index in [0.717, 1.165) is 91.1 Å². The Labute approximate surface area is 266 Å². The van der Waals surface area contributed by atoms with Crippen LogP contribution in [0.3, 0.4) is 0 Å². The number of hydrogen-bond acceptors (Lipinski definition) is 10. The van der Waals surface area contributed by atoms with Gasteiger partial charge in [-0.15, -0.1) is 17.0 Å². The summed E-state index contributed by atoms with van der Waals surface area (Å²) in [5, 5.41) is 22.6. The first kappa shape index (κ1) is 39.9. The Bertz CT molecular complexity index is 709. The quantitative estimate of drug-likeness (QED) is 0.0996. The molecule has 15 heteroatoms. The van der Waals surface area contributed by atoms with Gasteiger partial charge in [-0.25, -0.2) is 9.59 Å². The van der Waals surface area contributed by atoms with Crippen molar-refractivity contribution in [2.45, 2.75) is 50.6 Å². The van der Waals surface area contributed by atoms with Crippen LogP contribution in [0.25, 0.3) is 0 Å². The van der Waals surface area contributed by atoms with E-state index in [-0.39, 0.29) is 40.3 Å². The molecule has 41 heavy (non-hydrogen) atoms. The molecule has 2 atom stereocenters. The smallest absolute Gasteiger partial charge is 0.327 e. The Morgan fingerprint density at radius 1 is 0.634 bits per heavy atom. The molecule has 0 aromatic heterocycles. The number of carbonyl (C=O) groups is 4. The zero-order valence-corrected chi connectivity index (χ0v) is 28.0. The molecule has 0 bridgehead atoms. The van der Waals surface area contributed by atoms with E-state index in [1.54, 1.807) is 0 Å². The molecule has 0 saturated carbocycles. The number of likely N-dealkylation sites (N-methyl/N-ethyl adjacent to an activating group) is 2. The molecule has 2 saturated heterocycles. The molecular weight excluding hydrogens is 636 g/mol. The lowest BCUT2D eigenvalue weighted by Crippen LogP contribution is -2.44. The van der Waals surface area contributed by atoms with Gasteiger partial charge in [0.2, 0.25) is 11.8 Å². The lowest BCUT2D eigenvalue weighted by Gasteiger charge is -2.32. The van der Waals surface area contributed by atoms with Gasteiger partial charge < -0.3 is 40.4 Å². The number of aliphatic carboxylic acids is 2. The normalized spacial score (nSPS) is 18.2. The van der Waals surface area contributed by atoms with Gasteiger partial charge in [0, 0.05) is 76.7 Å². The van der Waals surface area contributed by atoms with Gasteiger partial charge in [0.15, 0.2) is 0 Å². The van der Waals surface area contributed by atoms with Gasteiger partial charge in [-0.2, -0.15) is 25.3 Å². The monoisotopic (exact) mass is 686 g/mol. The minimum Gasteiger partial charge on any atom is -0.480 e. The van der Waals surface area contributed by atoms with E-state index < -0.39 is 24.0 Å². The molecule has 4 N–H and O–H groups in total. The molecule has 0 spiro atoms. The maximum Gasteiger partial charge on any atom is 0.327 e. The number of thiol groups is 2. The number of hydrogen-bond donors (Lipinski definition) is 6. The largest absolute Gasteiger partial charge is 0.480 e. The van der Waals surface area contributed by atoms with Crippen molar-refractivity contribution >= 4 is 66.0 Å². The molecule has 2 amide bonds. The molecule has 0 aliphatic carbocycles. The predicted molar refractivity (Wildman–Crippen MR) is 173 cm³/mol. The zero-order valence-electron chi connectivity index (χ0n) is 24.5. The number of carboxylic acid groups (broad SMARTS) is 2. The molecule has 2 aliphatic rings. The number of carbonyl (C=O) groups excluding carboxylic acids is 2. The van der Waals surface area contributed by atoms with Crippen LogP contribution >= 0.6 is 42.2 Å². The van der Waals surface area contributed by atoms with Crippen LogP contribution in [-0.4, -0.2) is 157 Å². The summed E-state index contributed by atoms with van der Waals surface area (Å²) in [7, 11) is 4.25. The van der Waals surface area contributed by atoms with E-state index in [1.807, 2.05) is 0 Å². The third-order valence-electron chi connectivity index (χ3n) is 7.08. The summed E-state index contributed by atoms with van der Waals surface area (Å²) in [6.45, 7) is 10.8. The van der Waals surface area contributed by atoms with E-state index in [0.29, 0.717) is 12.8 Å². The van der Waals surface area contributed by atoms with E-state index in [9.17, 15) is 19.2 Å². The number of nitrogens with zero attached hydrogens (tertiary/aromatic N) is 4. The van der Waals surface area contributed by atoms with Gasteiger partial charge in [0.25, 0.3) is 0 Å². The number of halogens is 1. The second-order valence-corrected chi connectivity index (χ2v) is 11.2. The number of nitrogens with one attached hydrogen (secondary N) is 2. The molecule has 2 fully saturated rings. The summed E-state index contributed by atoms with van der Waals surface area (Å²) in [5.41, 5.74) is 0. The lowest BCUT2D eigenvalue weighted by atomic mass is 10.2. The second kappa shape index (κ2) is 23.4. The highest BCUT2D eigenvalue weighted by Gasteiger charge is 2.19. The Hall–Kier alpha value is -1.10. The van der Waals surface area contributed by atoms with Gasteiger partial charge >= 0.3 is 11.9 Å². The predicted octanol–water partition coefficient (Wildman–Crippen LogP) is 0.385. The van der Waals surface area contributed by atoms with Crippen molar-refractivity contribution in [2.75, 3.05) is 91.0 Å². The standard InChI is InChI=1S/2C13H25N3O3S.BrH/c2*1-15-6-8-16(9-7-15)5-3-2-4-12(17)14-11(10-20)13(18)19;/h2*11,20H,2-10H2,1H3,(H,14,17)(H,18,19);1H/t2*11-;/m00./s1. The number of amides is 2. The van der Waals surface area contributed by atoms with Crippen LogP contribution in [0, 0.1) is 0 Å². The molecular formula is C26H51BrN6O6S2. The lowest BCUT2D eigenvalue weighted by molar-refractivity contribution is -0.141. The van der Waals surface area contributed by atoms with E-state index in [2.05, 4.69) is 69.6 Å². The van der Waals surface area contributed by atoms with Crippen molar-refractivity contribution in [3.8, 4) is 0 Å². The van der Waals surface area contributed by atoms with E-state index in [1.165, 1.54) is 0 Å². The minimum absolute atomic E-state index is 0. The molecule has 2 aliphatic heterocycles. The first-order valence-corrected chi connectivity index (χ1v) is 15.4. The highest BCUT2D eigenvalue weighted by Crippen LogP contribution is 2.05. The summed E-state index contributed by atoms with van der Waals surface area (Å²) in [4.78, 5) is 54.1. The van der Waals surface area contributed by atoms with Gasteiger partial charge in [-0.05, 0) is 52.9 Å². The van der Waals surface area contributed by atoms with Crippen molar-refractivity contribution in [1.82, 2.24) is 30.2 Å². The number of carboxylic acids is 2. The fourth-order valence-electron chi connectivity index (χ4n) is 4.29. The molecule has 2 heterocycles. The fraction of sp³-hybridized carbons (Fsp3) is 0.846. The van der Waals surface area contributed by atoms with Crippen LogP contribution in [0.1, 0.15) is 38.5 Å². The van der Waals surface area contributed by atoms with Crippen molar-refractivity contribution in [3.63, 3.8) is 0 Å². The second-order valence-electron chi connectivity index (χ2n) is 10.5. The van der Waals surface area contributed by atoms with Crippen molar-refractivity contribution in [1.29, 1.82) is 0 Å². The van der Waals surface area contributed by atoms with Gasteiger partial charge in [0.1, 0.15) is 12.1 Å². The van der Waals surface area contributed by atoms with Crippen LogP contribution in [0.15, 0.2) is 0 Å². The summed E-state index contributed by atoms with van der Waals surface area (Å²) in [6, 6.07) is -1.77. The highest BCUT2D eigenvalue weighted by atomic mass is 79.9. The maximum atomic E-state index is 11.6.